The Hall–Kier alpha value is -1.06. The predicted molar refractivity (Wildman–Crippen MR) is 41.8 cm³/mol. The van der Waals surface area contributed by atoms with Gasteiger partial charge in [-0.15, -0.1) is 0 Å². The molecule has 2 unspecified atom stereocenters. The number of carboxylic acid groups (broad SMARTS) is 2. The SMILES string of the molecule is C.C.CC(C(=O)[O-])C(C)C(=O)[O-]. The number of hydrogen-bond acceptors (Lipinski definition) is 4. The highest BCUT2D eigenvalue weighted by Crippen LogP contribution is 2.07. The summed E-state index contributed by atoms with van der Waals surface area (Å²) in [5.74, 6) is -4.72. The van der Waals surface area contributed by atoms with Crippen LogP contribution >= 0.6 is 0 Å². The average molecular weight is 176 g/mol. The van der Waals surface area contributed by atoms with Crippen LogP contribution in [0, 0.1) is 11.8 Å². The van der Waals surface area contributed by atoms with Crippen LogP contribution < -0.4 is 10.2 Å². The summed E-state index contributed by atoms with van der Waals surface area (Å²) in [6.45, 7) is 2.55. The molecule has 0 saturated carbocycles. The van der Waals surface area contributed by atoms with E-state index in [1.54, 1.807) is 0 Å². The lowest BCUT2D eigenvalue weighted by atomic mass is 9.97. The molecule has 0 aliphatic rings. The number of carbonyl (C=O) groups is 2. The molecule has 4 nitrogen and oxygen atoms in total. The van der Waals surface area contributed by atoms with Crippen molar-refractivity contribution in [2.75, 3.05) is 0 Å². The Labute approximate surface area is 73.2 Å². The molecule has 12 heavy (non-hydrogen) atoms. The van der Waals surface area contributed by atoms with Gasteiger partial charge in [-0.1, -0.05) is 28.7 Å². The van der Waals surface area contributed by atoms with Crippen molar-refractivity contribution >= 4 is 11.9 Å². The van der Waals surface area contributed by atoms with Crippen LogP contribution in [-0.4, -0.2) is 11.9 Å². The number of hydrogen-bond donors (Lipinski definition) is 0. The van der Waals surface area contributed by atoms with Crippen molar-refractivity contribution in [3.8, 4) is 0 Å². The summed E-state index contributed by atoms with van der Waals surface area (Å²) in [7, 11) is 0. The number of rotatable bonds is 3. The highest BCUT2D eigenvalue weighted by Gasteiger charge is 2.13. The van der Waals surface area contributed by atoms with Crippen molar-refractivity contribution in [3.63, 3.8) is 0 Å². The van der Waals surface area contributed by atoms with Crippen LogP contribution in [0.1, 0.15) is 28.7 Å². The van der Waals surface area contributed by atoms with Crippen LogP contribution in [0.2, 0.25) is 0 Å². The van der Waals surface area contributed by atoms with Crippen molar-refractivity contribution < 1.29 is 19.8 Å². The van der Waals surface area contributed by atoms with Crippen molar-refractivity contribution in [2.24, 2.45) is 11.8 Å². The predicted octanol–water partition coefficient (Wildman–Crippen LogP) is -0.969. The molecule has 74 valence electrons. The monoisotopic (exact) mass is 176 g/mol. The van der Waals surface area contributed by atoms with E-state index in [0.29, 0.717) is 0 Å². The van der Waals surface area contributed by atoms with Crippen molar-refractivity contribution in [2.45, 2.75) is 28.7 Å². The molecule has 0 radical (unpaired) electrons. The van der Waals surface area contributed by atoms with Crippen LogP contribution in [0.25, 0.3) is 0 Å². The van der Waals surface area contributed by atoms with E-state index >= 15 is 0 Å². The first kappa shape index (κ1) is 17.1. The summed E-state index contributed by atoms with van der Waals surface area (Å²) in [5.41, 5.74) is 0. The molecular formula is C8H16O4-2. The van der Waals surface area contributed by atoms with Gasteiger partial charge in [0, 0.05) is 23.8 Å². The van der Waals surface area contributed by atoms with Gasteiger partial charge in [0.05, 0.1) is 0 Å². The van der Waals surface area contributed by atoms with Crippen molar-refractivity contribution in [3.05, 3.63) is 0 Å². The molecule has 4 heteroatoms. The smallest absolute Gasteiger partial charge is 0.0448 e. The average Bonchev–Trinajstić information content (AvgIpc) is 1.84. The standard InChI is InChI=1S/C6H10O4.2CH4/c1-3(5(7)8)4(2)6(9)10;;/h3-4H,1-2H3,(H,7,8)(H,9,10);2*1H4/p-2. The van der Waals surface area contributed by atoms with E-state index in [0.717, 1.165) is 0 Å². The summed E-state index contributed by atoms with van der Waals surface area (Å²) in [4.78, 5) is 20.1. The molecule has 0 amide bonds. The summed E-state index contributed by atoms with van der Waals surface area (Å²) in [5, 5.41) is 20.1. The van der Waals surface area contributed by atoms with Crippen molar-refractivity contribution in [1.29, 1.82) is 0 Å². The lowest BCUT2D eigenvalue weighted by Crippen LogP contribution is -2.41. The first-order chi connectivity index (χ1) is 4.46. The summed E-state index contributed by atoms with van der Waals surface area (Å²) < 4.78 is 0. The van der Waals surface area contributed by atoms with Gasteiger partial charge in [-0.2, -0.15) is 0 Å². The summed E-state index contributed by atoms with van der Waals surface area (Å²) in [6, 6.07) is 0. The number of aliphatic carboxylic acids is 2. The Morgan fingerprint density at radius 2 is 1.08 bits per heavy atom. The Bertz CT molecular complexity index is 135. The van der Waals surface area contributed by atoms with E-state index in [2.05, 4.69) is 0 Å². The molecule has 0 saturated heterocycles. The molecule has 0 heterocycles. The molecule has 0 aromatic carbocycles. The van der Waals surface area contributed by atoms with E-state index in [1.807, 2.05) is 0 Å². The van der Waals surface area contributed by atoms with Crippen molar-refractivity contribution in [1.82, 2.24) is 0 Å². The molecule has 0 aromatic rings. The highest BCUT2D eigenvalue weighted by molar-refractivity contribution is 5.77. The minimum atomic E-state index is -1.36. The van der Waals surface area contributed by atoms with Gasteiger partial charge >= 0.3 is 0 Å². The lowest BCUT2D eigenvalue weighted by molar-refractivity contribution is -0.325. The first-order valence-electron chi connectivity index (χ1n) is 2.88. The molecule has 0 fully saturated rings. The molecule has 0 bridgehead atoms. The fraction of sp³-hybridized carbons (Fsp3) is 0.750. The van der Waals surface area contributed by atoms with E-state index in [-0.39, 0.29) is 14.9 Å². The molecule has 0 aliphatic heterocycles. The fourth-order valence-electron chi connectivity index (χ4n) is 0.408. The molecule has 0 rings (SSSR count). The summed E-state index contributed by atoms with van der Waals surface area (Å²) in [6.07, 6.45) is 0. The van der Waals surface area contributed by atoms with Crippen LogP contribution in [0.5, 0.6) is 0 Å². The number of carbonyl (C=O) groups excluding carboxylic acids is 2. The van der Waals surface area contributed by atoms with Gasteiger partial charge in [-0.3, -0.25) is 0 Å². The Kier molecular flexibility index (Phi) is 9.48. The Balaban J connectivity index is -0.000000405. The van der Waals surface area contributed by atoms with Gasteiger partial charge < -0.3 is 19.8 Å². The van der Waals surface area contributed by atoms with E-state index in [1.165, 1.54) is 13.8 Å². The molecule has 2 atom stereocenters. The third kappa shape index (κ3) is 4.71. The van der Waals surface area contributed by atoms with Crippen LogP contribution in [0.15, 0.2) is 0 Å². The van der Waals surface area contributed by atoms with E-state index < -0.39 is 23.8 Å². The molecule has 0 aliphatic carbocycles. The van der Waals surface area contributed by atoms with E-state index in [9.17, 15) is 19.8 Å². The van der Waals surface area contributed by atoms with Crippen LogP contribution in [0.3, 0.4) is 0 Å². The van der Waals surface area contributed by atoms with Gasteiger partial charge in [0.25, 0.3) is 0 Å². The minimum absolute atomic E-state index is 0. The quantitative estimate of drug-likeness (QED) is 0.554. The lowest BCUT2D eigenvalue weighted by Gasteiger charge is -2.20. The number of carboxylic acids is 2. The zero-order valence-corrected chi connectivity index (χ0v) is 5.79. The normalized spacial score (nSPS) is 13.2. The maximum atomic E-state index is 10.0. The van der Waals surface area contributed by atoms with E-state index in [4.69, 9.17) is 0 Å². The van der Waals surface area contributed by atoms with Gasteiger partial charge in [0.1, 0.15) is 0 Å². The fourth-order valence-corrected chi connectivity index (χ4v) is 0.408. The van der Waals surface area contributed by atoms with Gasteiger partial charge in [0.15, 0.2) is 0 Å². The molecule has 0 spiro atoms. The topological polar surface area (TPSA) is 80.3 Å². The molecule has 0 N–H and O–H groups in total. The largest absolute Gasteiger partial charge is 0.550 e. The maximum Gasteiger partial charge on any atom is 0.0448 e. The van der Waals surface area contributed by atoms with Gasteiger partial charge in [0.2, 0.25) is 0 Å². The Morgan fingerprint density at radius 3 is 1.17 bits per heavy atom. The second kappa shape index (κ2) is 6.64. The van der Waals surface area contributed by atoms with Crippen LogP contribution in [-0.2, 0) is 9.59 Å². The molecular weight excluding hydrogens is 160 g/mol. The highest BCUT2D eigenvalue weighted by atomic mass is 16.4. The zero-order valence-electron chi connectivity index (χ0n) is 5.79. The first-order valence-corrected chi connectivity index (χ1v) is 2.88. The third-order valence-corrected chi connectivity index (χ3v) is 1.49. The maximum absolute atomic E-state index is 10.0. The second-order valence-corrected chi connectivity index (χ2v) is 2.22. The zero-order chi connectivity index (χ0) is 8.31. The third-order valence-electron chi connectivity index (χ3n) is 1.49. The second-order valence-electron chi connectivity index (χ2n) is 2.22. The molecule has 0 aromatic heterocycles. The van der Waals surface area contributed by atoms with Gasteiger partial charge in [-0.25, -0.2) is 0 Å². The minimum Gasteiger partial charge on any atom is -0.550 e. The van der Waals surface area contributed by atoms with Crippen LogP contribution in [0.4, 0.5) is 0 Å². The Morgan fingerprint density at radius 1 is 0.917 bits per heavy atom. The summed E-state index contributed by atoms with van der Waals surface area (Å²) >= 11 is 0. The van der Waals surface area contributed by atoms with Gasteiger partial charge in [-0.05, 0) is 0 Å².